The van der Waals surface area contributed by atoms with Crippen molar-refractivity contribution in [3.05, 3.63) is 17.5 Å². The van der Waals surface area contributed by atoms with Crippen molar-refractivity contribution in [2.24, 2.45) is 0 Å². The zero-order valence-electron chi connectivity index (χ0n) is 13.0. The SMILES string of the molecule is CC(C)c1cc([C@@]23C[C@@H](C)N(C(C)(C)C)[C@@H]2C3)on1. The van der Waals surface area contributed by atoms with Gasteiger partial charge in [-0.05, 0) is 46.5 Å². The van der Waals surface area contributed by atoms with Crippen molar-refractivity contribution >= 4 is 0 Å². The first-order chi connectivity index (χ1) is 8.75. The summed E-state index contributed by atoms with van der Waals surface area (Å²) < 4.78 is 5.69. The Morgan fingerprint density at radius 3 is 2.53 bits per heavy atom. The number of rotatable bonds is 2. The van der Waals surface area contributed by atoms with E-state index in [2.05, 4.69) is 57.7 Å². The molecule has 0 spiro atoms. The van der Waals surface area contributed by atoms with E-state index in [1.807, 2.05) is 0 Å². The first kappa shape index (κ1) is 13.2. The minimum absolute atomic E-state index is 0.239. The molecule has 3 heteroatoms. The Morgan fingerprint density at radius 2 is 2.05 bits per heavy atom. The quantitative estimate of drug-likeness (QED) is 0.814. The molecule has 0 unspecified atom stereocenters. The summed E-state index contributed by atoms with van der Waals surface area (Å²) in [7, 11) is 0. The molecule has 1 aromatic heterocycles. The van der Waals surface area contributed by atoms with Gasteiger partial charge < -0.3 is 4.52 Å². The topological polar surface area (TPSA) is 29.3 Å². The third-order valence-electron chi connectivity index (χ3n) is 4.89. The molecule has 0 radical (unpaired) electrons. The van der Waals surface area contributed by atoms with Gasteiger partial charge in [0.1, 0.15) is 5.76 Å². The van der Waals surface area contributed by atoms with E-state index in [1.165, 1.54) is 12.8 Å². The number of piperidine rings is 1. The molecule has 1 saturated heterocycles. The van der Waals surface area contributed by atoms with Gasteiger partial charge in [-0.3, -0.25) is 4.90 Å². The molecule has 106 valence electrons. The van der Waals surface area contributed by atoms with E-state index >= 15 is 0 Å². The summed E-state index contributed by atoms with van der Waals surface area (Å²) in [6, 6.07) is 3.48. The van der Waals surface area contributed by atoms with Crippen LogP contribution in [0.2, 0.25) is 0 Å². The molecule has 1 saturated carbocycles. The molecule has 1 aromatic rings. The van der Waals surface area contributed by atoms with Crippen LogP contribution in [0, 0.1) is 0 Å². The standard InChI is InChI=1S/C16H26N2O/c1-10(2)12-7-14(19-17-12)16-8-11(3)18(13(16)9-16)15(4,5)6/h7,10-11,13H,8-9H2,1-6H3/t11-,13-,16-/m1/s1. The maximum absolute atomic E-state index is 5.69. The number of hydrogen-bond acceptors (Lipinski definition) is 3. The third kappa shape index (κ3) is 1.85. The van der Waals surface area contributed by atoms with Gasteiger partial charge in [-0.2, -0.15) is 0 Å². The van der Waals surface area contributed by atoms with Gasteiger partial charge in [-0.25, -0.2) is 0 Å². The third-order valence-corrected chi connectivity index (χ3v) is 4.89. The van der Waals surface area contributed by atoms with Crippen molar-refractivity contribution in [2.75, 3.05) is 0 Å². The number of aromatic nitrogens is 1. The summed E-state index contributed by atoms with van der Waals surface area (Å²) in [5, 5.41) is 4.25. The van der Waals surface area contributed by atoms with Crippen molar-refractivity contribution in [1.29, 1.82) is 0 Å². The Kier molecular flexibility index (Phi) is 2.66. The maximum Gasteiger partial charge on any atom is 0.144 e. The van der Waals surface area contributed by atoms with Crippen LogP contribution in [0.3, 0.4) is 0 Å². The van der Waals surface area contributed by atoms with E-state index in [9.17, 15) is 0 Å². The Morgan fingerprint density at radius 1 is 1.37 bits per heavy atom. The molecular weight excluding hydrogens is 236 g/mol. The second-order valence-corrected chi connectivity index (χ2v) is 7.78. The molecule has 1 aliphatic heterocycles. The predicted octanol–water partition coefficient (Wildman–Crippen LogP) is 3.70. The lowest BCUT2D eigenvalue weighted by atomic mass is 9.96. The van der Waals surface area contributed by atoms with Crippen LogP contribution < -0.4 is 0 Å². The summed E-state index contributed by atoms with van der Waals surface area (Å²) in [5.41, 5.74) is 1.59. The average molecular weight is 262 g/mol. The van der Waals surface area contributed by atoms with Crippen molar-refractivity contribution in [2.45, 2.75) is 83.3 Å². The monoisotopic (exact) mass is 262 g/mol. The molecule has 0 aromatic carbocycles. The van der Waals surface area contributed by atoms with Crippen LogP contribution in [0.1, 0.15) is 71.8 Å². The zero-order chi connectivity index (χ0) is 14.0. The van der Waals surface area contributed by atoms with Gasteiger partial charge in [-0.1, -0.05) is 19.0 Å². The largest absolute Gasteiger partial charge is 0.360 e. The average Bonchev–Trinajstić information content (AvgIpc) is 2.73. The molecule has 3 nitrogen and oxygen atoms in total. The van der Waals surface area contributed by atoms with E-state index in [4.69, 9.17) is 4.52 Å². The highest BCUT2D eigenvalue weighted by atomic mass is 16.5. The highest BCUT2D eigenvalue weighted by Crippen LogP contribution is 2.62. The molecule has 2 aliphatic rings. The second-order valence-electron chi connectivity index (χ2n) is 7.78. The molecule has 3 rings (SSSR count). The Labute approximate surface area is 116 Å². The fourth-order valence-electron chi connectivity index (χ4n) is 4.09. The highest BCUT2D eigenvalue weighted by molar-refractivity contribution is 5.35. The van der Waals surface area contributed by atoms with Crippen molar-refractivity contribution in [1.82, 2.24) is 10.1 Å². The molecule has 0 N–H and O–H groups in total. The smallest absolute Gasteiger partial charge is 0.144 e. The fraction of sp³-hybridized carbons (Fsp3) is 0.812. The second kappa shape index (κ2) is 3.85. The maximum atomic E-state index is 5.69. The van der Waals surface area contributed by atoms with E-state index in [-0.39, 0.29) is 11.0 Å². The van der Waals surface area contributed by atoms with Crippen LogP contribution in [0.15, 0.2) is 10.6 Å². The lowest BCUT2D eigenvalue weighted by Crippen LogP contribution is -2.45. The van der Waals surface area contributed by atoms with E-state index in [0.29, 0.717) is 18.0 Å². The molecular formula is C16H26N2O. The number of hydrogen-bond donors (Lipinski definition) is 0. The molecule has 19 heavy (non-hydrogen) atoms. The van der Waals surface area contributed by atoms with Gasteiger partial charge in [0.05, 0.1) is 5.69 Å². The zero-order valence-corrected chi connectivity index (χ0v) is 13.0. The predicted molar refractivity (Wildman–Crippen MR) is 76.3 cm³/mol. The van der Waals surface area contributed by atoms with Crippen LogP contribution >= 0.6 is 0 Å². The molecule has 0 bridgehead atoms. The summed E-state index contributed by atoms with van der Waals surface area (Å²) >= 11 is 0. The van der Waals surface area contributed by atoms with Crippen molar-refractivity contribution in [3.8, 4) is 0 Å². The van der Waals surface area contributed by atoms with Gasteiger partial charge in [0, 0.05) is 29.1 Å². The minimum atomic E-state index is 0.239. The van der Waals surface area contributed by atoms with Crippen LogP contribution in [-0.4, -0.2) is 27.7 Å². The van der Waals surface area contributed by atoms with Crippen LogP contribution in [0.25, 0.3) is 0 Å². The van der Waals surface area contributed by atoms with Crippen molar-refractivity contribution < 1.29 is 4.52 Å². The van der Waals surface area contributed by atoms with Gasteiger partial charge in [0.2, 0.25) is 0 Å². The highest BCUT2D eigenvalue weighted by Gasteiger charge is 2.68. The number of fused-ring (bicyclic) bond motifs is 1. The van der Waals surface area contributed by atoms with Crippen molar-refractivity contribution in [3.63, 3.8) is 0 Å². The summed E-state index contributed by atoms with van der Waals surface area (Å²) in [4.78, 5) is 2.67. The summed E-state index contributed by atoms with van der Waals surface area (Å²) in [6.45, 7) is 13.6. The van der Waals surface area contributed by atoms with Gasteiger partial charge >= 0.3 is 0 Å². The van der Waals surface area contributed by atoms with Crippen LogP contribution in [0.5, 0.6) is 0 Å². The van der Waals surface area contributed by atoms with Crippen LogP contribution in [-0.2, 0) is 5.41 Å². The molecule has 2 heterocycles. The minimum Gasteiger partial charge on any atom is -0.360 e. The number of nitrogens with zero attached hydrogens (tertiary/aromatic N) is 2. The first-order valence-corrected chi connectivity index (χ1v) is 7.51. The van der Waals surface area contributed by atoms with Crippen LogP contribution in [0.4, 0.5) is 0 Å². The van der Waals surface area contributed by atoms with Gasteiger partial charge in [-0.15, -0.1) is 0 Å². The molecule has 1 aliphatic carbocycles. The van der Waals surface area contributed by atoms with Gasteiger partial charge in [0.25, 0.3) is 0 Å². The molecule has 3 atom stereocenters. The van der Waals surface area contributed by atoms with E-state index in [0.717, 1.165) is 11.5 Å². The lowest BCUT2D eigenvalue weighted by molar-refractivity contribution is 0.104. The number of likely N-dealkylation sites (tertiary alicyclic amines) is 1. The Bertz CT molecular complexity index is 485. The normalized spacial score (nSPS) is 34.9. The first-order valence-electron chi connectivity index (χ1n) is 7.51. The van der Waals surface area contributed by atoms with Gasteiger partial charge in [0.15, 0.2) is 0 Å². The molecule has 0 amide bonds. The Balaban J connectivity index is 1.88. The fourth-order valence-corrected chi connectivity index (χ4v) is 4.09. The summed E-state index contributed by atoms with van der Waals surface area (Å²) in [6.07, 6.45) is 2.45. The molecule has 2 fully saturated rings. The lowest BCUT2D eigenvalue weighted by Gasteiger charge is -2.37. The summed E-state index contributed by atoms with van der Waals surface area (Å²) in [5.74, 6) is 1.57. The Hall–Kier alpha value is -0.830. The van der Waals surface area contributed by atoms with E-state index < -0.39 is 0 Å². The van der Waals surface area contributed by atoms with E-state index in [1.54, 1.807) is 0 Å².